The molecule has 0 aromatic heterocycles. The molecule has 3 aromatic carbocycles. The number of aromatic hydroxyl groups is 1. The molecule has 0 spiro atoms. The molecule has 2 heterocycles. The summed E-state index contributed by atoms with van der Waals surface area (Å²) >= 11 is 0. The molecule has 3 aromatic rings. The van der Waals surface area contributed by atoms with Gasteiger partial charge in [-0.15, -0.1) is 0 Å². The SMILES string of the molecule is COc1cccc([C@@H]2Nc3ccccc3C(=O)N2c2ccc3c(c2)OCCO3)c1O. The van der Waals surface area contributed by atoms with E-state index in [9.17, 15) is 9.90 Å². The summed E-state index contributed by atoms with van der Waals surface area (Å²) < 4.78 is 16.6. The van der Waals surface area contributed by atoms with Gasteiger partial charge >= 0.3 is 0 Å². The molecule has 0 saturated carbocycles. The molecule has 7 heteroatoms. The number of nitrogens with zero attached hydrogens (tertiary/aromatic N) is 1. The summed E-state index contributed by atoms with van der Waals surface area (Å²) in [5, 5.41) is 14.2. The average molecular weight is 404 g/mol. The van der Waals surface area contributed by atoms with Gasteiger partial charge in [0, 0.05) is 17.3 Å². The molecular formula is C23H20N2O5. The van der Waals surface area contributed by atoms with E-state index in [1.54, 1.807) is 41.3 Å². The largest absolute Gasteiger partial charge is 0.504 e. The topological polar surface area (TPSA) is 80.3 Å². The molecule has 1 amide bonds. The van der Waals surface area contributed by atoms with Gasteiger partial charge in [-0.3, -0.25) is 9.69 Å². The lowest BCUT2D eigenvalue weighted by atomic mass is 10.0. The van der Waals surface area contributed by atoms with Crippen molar-refractivity contribution in [1.29, 1.82) is 0 Å². The van der Waals surface area contributed by atoms with Gasteiger partial charge in [0.15, 0.2) is 23.0 Å². The molecule has 7 nitrogen and oxygen atoms in total. The lowest BCUT2D eigenvalue weighted by Crippen LogP contribution is -2.43. The van der Waals surface area contributed by atoms with E-state index in [-0.39, 0.29) is 11.7 Å². The highest BCUT2D eigenvalue weighted by atomic mass is 16.6. The lowest BCUT2D eigenvalue weighted by Gasteiger charge is -2.38. The van der Waals surface area contributed by atoms with Gasteiger partial charge in [0.1, 0.15) is 19.4 Å². The molecule has 0 bridgehead atoms. The number of hydrogen-bond donors (Lipinski definition) is 2. The Balaban J connectivity index is 1.67. The van der Waals surface area contributed by atoms with Crippen molar-refractivity contribution in [3.8, 4) is 23.0 Å². The Hall–Kier alpha value is -3.87. The minimum absolute atomic E-state index is 0.0211. The van der Waals surface area contributed by atoms with E-state index >= 15 is 0 Å². The number of nitrogens with one attached hydrogen (secondary N) is 1. The second-order valence-corrected chi connectivity index (χ2v) is 6.99. The summed E-state index contributed by atoms with van der Waals surface area (Å²) in [7, 11) is 1.49. The van der Waals surface area contributed by atoms with Gasteiger partial charge in [-0.25, -0.2) is 0 Å². The monoisotopic (exact) mass is 404 g/mol. The Morgan fingerprint density at radius 1 is 1.03 bits per heavy atom. The van der Waals surface area contributed by atoms with Gasteiger partial charge in [0.25, 0.3) is 5.91 Å². The summed E-state index contributed by atoms with van der Waals surface area (Å²) in [6.07, 6.45) is -0.648. The van der Waals surface area contributed by atoms with Crippen LogP contribution in [0, 0.1) is 0 Å². The predicted octanol–water partition coefficient (Wildman–Crippen LogP) is 3.94. The second kappa shape index (κ2) is 7.18. The summed E-state index contributed by atoms with van der Waals surface area (Å²) in [5.74, 6) is 1.35. The van der Waals surface area contributed by atoms with Gasteiger partial charge in [-0.1, -0.05) is 24.3 Å². The van der Waals surface area contributed by atoms with E-state index < -0.39 is 6.17 Å². The third kappa shape index (κ3) is 2.86. The van der Waals surface area contributed by atoms with Crippen molar-refractivity contribution in [2.75, 3.05) is 30.5 Å². The zero-order chi connectivity index (χ0) is 20.7. The molecule has 5 rings (SSSR count). The number of carbonyl (C=O) groups excluding carboxylic acids is 1. The Morgan fingerprint density at radius 3 is 2.67 bits per heavy atom. The molecule has 0 radical (unpaired) electrons. The number of para-hydroxylation sites is 2. The number of phenolic OH excluding ortho intramolecular Hbond substituents is 1. The van der Waals surface area contributed by atoms with Gasteiger partial charge < -0.3 is 24.6 Å². The Morgan fingerprint density at radius 2 is 1.83 bits per heavy atom. The number of benzene rings is 3. The zero-order valence-electron chi connectivity index (χ0n) is 16.3. The average Bonchev–Trinajstić information content (AvgIpc) is 2.79. The maximum Gasteiger partial charge on any atom is 0.262 e. The standard InChI is InChI=1S/C23H20N2O5/c1-28-19-8-4-6-16(21(19)26)22-24-17-7-3-2-5-15(17)23(27)25(22)14-9-10-18-20(13-14)30-12-11-29-18/h2-10,13,22,24,26H,11-12H2,1H3/t22-/m1/s1. The van der Waals surface area contributed by atoms with Crippen molar-refractivity contribution in [3.05, 3.63) is 71.8 Å². The van der Waals surface area contributed by atoms with Crippen molar-refractivity contribution < 1.29 is 24.1 Å². The van der Waals surface area contributed by atoms with Gasteiger partial charge in [-0.05, 0) is 30.3 Å². The fourth-order valence-corrected chi connectivity index (χ4v) is 3.84. The number of phenols is 1. The zero-order valence-corrected chi connectivity index (χ0v) is 16.3. The number of rotatable bonds is 3. The van der Waals surface area contributed by atoms with Crippen molar-refractivity contribution in [3.63, 3.8) is 0 Å². The Bertz CT molecular complexity index is 1130. The number of anilines is 2. The number of carbonyl (C=O) groups is 1. The number of methoxy groups -OCH3 is 1. The van der Waals surface area contributed by atoms with Crippen LogP contribution in [0.25, 0.3) is 0 Å². The van der Waals surface area contributed by atoms with Gasteiger partial charge in [0.2, 0.25) is 0 Å². The van der Waals surface area contributed by atoms with Crippen LogP contribution in [-0.2, 0) is 0 Å². The van der Waals surface area contributed by atoms with E-state index in [2.05, 4.69) is 5.32 Å². The molecule has 0 saturated heterocycles. The first-order valence-corrected chi connectivity index (χ1v) is 9.62. The fraction of sp³-hybridized carbons (Fsp3) is 0.174. The van der Waals surface area contributed by atoms with Gasteiger partial charge in [-0.2, -0.15) is 0 Å². The smallest absolute Gasteiger partial charge is 0.262 e. The molecule has 0 fully saturated rings. The maximum atomic E-state index is 13.5. The highest BCUT2D eigenvalue weighted by Crippen LogP contribution is 2.44. The maximum absolute atomic E-state index is 13.5. The van der Waals surface area contributed by atoms with E-state index in [4.69, 9.17) is 14.2 Å². The van der Waals surface area contributed by atoms with Crippen LogP contribution in [0.2, 0.25) is 0 Å². The van der Waals surface area contributed by atoms with Crippen molar-refractivity contribution in [2.45, 2.75) is 6.17 Å². The summed E-state index contributed by atoms with van der Waals surface area (Å²) in [6, 6.07) is 17.9. The van der Waals surface area contributed by atoms with Crippen molar-refractivity contribution >= 4 is 17.3 Å². The first kappa shape index (κ1) is 18.2. The van der Waals surface area contributed by atoms with Crippen molar-refractivity contribution in [1.82, 2.24) is 0 Å². The Kier molecular flexibility index (Phi) is 4.35. The first-order valence-electron chi connectivity index (χ1n) is 9.62. The van der Waals surface area contributed by atoms with Crippen LogP contribution < -0.4 is 24.4 Å². The van der Waals surface area contributed by atoms with E-state index in [0.29, 0.717) is 53.0 Å². The van der Waals surface area contributed by atoms with Gasteiger partial charge in [0.05, 0.1) is 18.4 Å². The number of hydrogen-bond acceptors (Lipinski definition) is 6. The lowest BCUT2D eigenvalue weighted by molar-refractivity contribution is 0.0974. The summed E-state index contributed by atoms with van der Waals surface area (Å²) in [4.78, 5) is 15.1. The molecule has 0 unspecified atom stereocenters. The quantitative estimate of drug-likeness (QED) is 0.688. The second-order valence-electron chi connectivity index (χ2n) is 6.99. The molecule has 2 aliphatic rings. The molecular weight excluding hydrogens is 384 g/mol. The van der Waals surface area contributed by atoms with Crippen LogP contribution in [-0.4, -0.2) is 31.3 Å². The van der Waals surface area contributed by atoms with Crippen molar-refractivity contribution in [2.24, 2.45) is 0 Å². The first-order chi connectivity index (χ1) is 14.7. The van der Waals surface area contributed by atoms with Crippen LogP contribution in [0.15, 0.2) is 60.7 Å². The predicted molar refractivity (Wildman–Crippen MR) is 112 cm³/mol. The molecule has 2 aliphatic heterocycles. The van der Waals surface area contributed by atoms with Crippen LogP contribution in [0.3, 0.4) is 0 Å². The van der Waals surface area contributed by atoms with Crippen LogP contribution in [0.4, 0.5) is 11.4 Å². The highest BCUT2D eigenvalue weighted by molar-refractivity contribution is 6.12. The summed E-state index contributed by atoms with van der Waals surface area (Å²) in [6.45, 7) is 0.940. The molecule has 152 valence electrons. The van der Waals surface area contributed by atoms with Crippen LogP contribution in [0.1, 0.15) is 22.1 Å². The number of fused-ring (bicyclic) bond motifs is 2. The molecule has 0 aliphatic carbocycles. The minimum Gasteiger partial charge on any atom is -0.504 e. The fourth-order valence-electron chi connectivity index (χ4n) is 3.84. The van der Waals surface area contributed by atoms with E-state index in [0.717, 1.165) is 0 Å². The van der Waals surface area contributed by atoms with E-state index in [1.807, 2.05) is 24.3 Å². The Labute approximate surface area is 173 Å². The summed E-state index contributed by atoms with van der Waals surface area (Å²) in [5.41, 5.74) is 2.39. The van der Waals surface area contributed by atoms with Crippen LogP contribution >= 0.6 is 0 Å². The number of ether oxygens (including phenoxy) is 3. The van der Waals surface area contributed by atoms with E-state index in [1.165, 1.54) is 7.11 Å². The molecule has 2 N–H and O–H groups in total. The third-order valence-electron chi connectivity index (χ3n) is 5.28. The normalized spacial score (nSPS) is 17.2. The number of amides is 1. The minimum atomic E-state index is -0.648. The third-order valence-corrected chi connectivity index (χ3v) is 5.28. The molecule has 1 atom stereocenters. The highest BCUT2D eigenvalue weighted by Gasteiger charge is 2.36. The van der Waals surface area contributed by atoms with Crippen LogP contribution in [0.5, 0.6) is 23.0 Å². The molecule has 30 heavy (non-hydrogen) atoms.